The van der Waals surface area contributed by atoms with E-state index in [1.807, 2.05) is 45.0 Å². The number of alkyl carbamates (subject to hydrolysis) is 1. The second-order valence-corrected chi connectivity index (χ2v) is 8.38. The van der Waals surface area contributed by atoms with Gasteiger partial charge in [-0.15, -0.1) is 10.2 Å². The maximum absolute atomic E-state index is 11.7. The number of carbonyl (C=O) groups is 1. The molecule has 3 rings (SSSR count). The first-order chi connectivity index (χ1) is 13.8. The SMILES string of the molecule is CC(C)c1nnc2c(NCCCCNC(=O)OC(C)(C)C)nc3ccccc3n12. The Morgan fingerprint density at radius 3 is 2.59 bits per heavy atom. The molecule has 1 amide bonds. The van der Waals surface area contributed by atoms with Crippen molar-refractivity contribution in [3.63, 3.8) is 0 Å². The predicted molar refractivity (Wildman–Crippen MR) is 114 cm³/mol. The van der Waals surface area contributed by atoms with Crippen molar-refractivity contribution in [1.29, 1.82) is 0 Å². The lowest BCUT2D eigenvalue weighted by Crippen LogP contribution is -2.33. The number of rotatable bonds is 7. The van der Waals surface area contributed by atoms with Gasteiger partial charge in [-0.2, -0.15) is 0 Å². The summed E-state index contributed by atoms with van der Waals surface area (Å²) >= 11 is 0. The van der Waals surface area contributed by atoms with Crippen LogP contribution < -0.4 is 10.6 Å². The first-order valence-corrected chi connectivity index (χ1v) is 10.1. The van der Waals surface area contributed by atoms with Gasteiger partial charge in [0.05, 0.1) is 11.0 Å². The van der Waals surface area contributed by atoms with Gasteiger partial charge in [0.1, 0.15) is 11.4 Å². The van der Waals surface area contributed by atoms with Gasteiger partial charge in [0.25, 0.3) is 0 Å². The maximum atomic E-state index is 11.7. The van der Waals surface area contributed by atoms with Crippen LogP contribution in [0.3, 0.4) is 0 Å². The minimum atomic E-state index is -0.480. The fraction of sp³-hybridized carbons (Fsp3) is 0.524. The van der Waals surface area contributed by atoms with Gasteiger partial charge in [-0.1, -0.05) is 26.0 Å². The van der Waals surface area contributed by atoms with E-state index in [1.165, 1.54) is 0 Å². The molecule has 0 radical (unpaired) electrons. The maximum Gasteiger partial charge on any atom is 0.407 e. The highest BCUT2D eigenvalue weighted by Gasteiger charge is 2.17. The third kappa shape index (κ3) is 5.13. The number of carbonyl (C=O) groups excluding carboxylic acids is 1. The third-order valence-corrected chi connectivity index (χ3v) is 4.34. The summed E-state index contributed by atoms with van der Waals surface area (Å²) in [7, 11) is 0. The van der Waals surface area contributed by atoms with Crippen molar-refractivity contribution in [1.82, 2.24) is 24.9 Å². The molecule has 2 N–H and O–H groups in total. The lowest BCUT2D eigenvalue weighted by molar-refractivity contribution is 0.0527. The van der Waals surface area contributed by atoms with Crippen LogP contribution in [0, 0.1) is 0 Å². The molecule has 2 aromatic heterocycles. The number of hydrogen-bond donors (Lipinski definition) is 2. The summed E-state index contributed by atoms with van der Waals surface area (Å²) in [6.07, 6.45) is 1.33. The first-order valence-electron chi connectivity index (χ1n) is 10.1. The van der Waals surface area contributed by atoms with Crippen LogP contribution in [0.1, 0.15) is 59.2 Å². The van der Waals surface area contributed by atoms with Crippen LogP contribution in [-0.4, -0.2) is 44.4 Å². The van der Waals surface area contributed by atoms with Gasteiger partial charge in [0.15, 0.2) is 5.82 Å². The second-order valence-electron chi connectivity index (χ2n) is 8.38. The van der Waals surface area contributed by atoms with Crippen LogP contribution in [0.25, 0.3) is 16.7 Å². The van der Waals surface area contributed by atoms with E-state index < -0.39 is 5.60 Å². The van der Waals surface area contributed by atoms with E-state index in [4.69, 9.17) is 9.72 Å². The van der Waals surface area contributed by atoms with E-state index in [9.17, 15) is 4.79 Å². The molecule has 0 aliphatic carbocycles. The number of nitrogens with one attached hydrogen (secondary N) is 2. The number of nitrogens with zero attached hydrogens (tertiary/aromatic N) is 4. The lowest BCUT2D eigenvalue weighted by Gasteiger charge is -2.19. The fourth-order valence-corrected chi connectivity index (χ4v) is 3.06. The average molecular weight is 399 g/mol. The van der Waals surface area contributed by atoms with E-state index in [0.29, 0.717) is 6.54 Å². The second kappa shape index (κ2) is 8.63. The topological polar surface area (TPSA) is 93.4 Å². The number of unbranched alkanes of at least 4 members (excludes halogenated alkanes) is 1. The quantitative estimate of drug-likeness (QED) is 0.582. The molecule has 0 saturated carbocycles. The van der Waals surface area contributed by atoms with Crippen molar-refractivity contribution in [3.05, 3.63) is 30.1 Å². The molecule has 0 bridgehead atoms. The average Bonchev–Trinajstić information content (AvgIpc) is 3.09. The molecule has 0 atom stereocenters. The molecule has 3 aromatic rings. The van der Waals surface area contributed by atoms with Crippen LogP contribution in [0.5, 0.6) is 0 Å². The minimum absolute atomic E-state index is 0.252. The van der Waals surface area contributed by atoms with Crippen LogP contribution in [0.15, 0.2) is 24.3 Å². The number of amides is 1. The third-order valence-electron chi connectivity index (χ3n) is 4.34. The predicted octanol–water partition coefficient (Wildman–Crippen LogP) is 4.12. The van der Waals surface area contributed by atoms with Gasteiger partial charge < -0.3 is 15.4 Å². The summed E-state index contributed by atoms with van der Waals surface area (Å²) in [4.78, 5) is 16.4. The zero-order valence-corrected chi connectivity index (χ0v) is 17.8. The molecular formula is C21H30N6O2. The van der Waals surface area contributed by atoms with Gasteiger partial charge in [0.2, 0.25) is 5.65 Å². The number of anilines is 1. The Morgan fingerprint density at radius 1 is 1.14 bits per heavy atom. The van der Waals surface area contributed by atoms with E-state index in [1.54, 1.807) is 0 Å². The van der Waals surface area contributed by atoms with Gasteiger partial charge >= 0.3 is 6.09 Å². The molecule has 0 aliphatic heterocycles. The molecule has 0 spiro atoms. The molecule has 1 aromatic carbocycles. The molecule has 2 heterocycles. The van der Waals surface area contributed by atoms with Gasteiger partial charge in [-0.25, -0.2) is 9.78 Å². The van der Waals surface area contributed by atoms with Crippen molar-refractivity contribution >= 4 is 28.6 Å². The summed E-state index contributed by atoms with van der Waals surface area (Å²) in [6, 6.07) is 8.01. The number of ether oxygens (including phenoxy) is 1. The molecule has 29 heavy (non-hydrogen) atoms. The molecule has 0 saturated heterocycles. The van der Waals surface area contributed by atoms with Crippen molar-refractivity contribution in [2.45, 2.75) is 59.0 Å². The molecule has 8 nitrogen and oxygen atoms in total. The van der Waals surface area contributed by atoms with Crippen LogP contribution in [-0.2, 0) is 4.74 Å². The standard InChI is InChI=1S/C21H30N6O2/c1-14(2)18-25-26-19-17(24-15-10-6-7-11-16(15)27(18)19)22-12-8-9-13-23-20(28)29-21(3,4)5/h6-7,10-11,14H,8-9,12-13H2,1-5H3,(H,22,24)(H,23,28). The van der Waals surface area contributed by atoms with E-state index in [-0.39, 0.29) is 12.0 Å². The molecule has 156 valence electrons. The Balaban J connectivity index is 1.63. The Bertz CT molecular complexity index is 990. The van der Waals surface area contributed by atoms with Crippen molar-refractivity contribution in [3.8, 4) is 0 Å². The highest BCUT2D eigenvalue weighted by molar-refractivity contribution is 5.82. The number of hydrogen-bond acceptors (Lipinski definition) is 6. The first kappa shape index (κ1) is 20.8. The summed E-state index contributed by atoms with van der Waals surface area (Å²) in [5, 5.41) is 14.9. The Hall–Kier alpha value is -2.90. The normalized spacial score (nSPS) is 11.9. The summed E-state index contributed by atoms with van der Waals surface area (Å²) < 4.78 is 7.31. The molecular weight excluding hydrogens is 368 g/mol. The molecule has 0 fully saturated rings. The smallest absolute Gasteiger partial charge is 0.407 e. The fourth-order valence-electron chi connectivity index (χ4n) is 3.06. The molecule has 8 heteroatoms. The van der Waals surface area contributed by atoms with Crippen LogP contribution >= 0.6 is 0 Å². The van der Waals surface area contributed by atoms with E-state index in [0.717, 1.165) is 47.7 Å². The minimum Gasteiger partial charge on any atom is -0.444 e. The number of aromatic nitrogens is 4. The number of fused-ring (bicyclic) bond motifs is 3. The molecule has 0 unspecified atom stereocenters. The van der Waals surface area contributed by atoms with Crippen LogP contribution in [0.4, 0.5) is 10.6 Å². The van der Waals surface area contributed by atoms with Gasteiger partial charge in [-0.3, -0.25) is 4.40 Å². The van der Waals surface area contributed by atoms with Crippen molar-refractivity contribution < 1.29 is 9.53 Å². The largest absolute Gasteiger partial charge is 0.444 e. The van der Waals surface area contributed by atoms with Crippen LogP contribution in [0.2, 0.25) is 0 Å². The van der Waals surface area contributed by atoms with Gasteiger partial charge in [0, 0.05) is 19.0 Å². The van der Waals surface area contributed by atoms with Crippen molar-refractivity contribution in [2.24, 2.45) is 0 Å². The van der Waals surface area contributed by atoms with E-state index in [2.05, 4.69) is 39.1 Å². The Morgan fingerprint density at radius 2 is 1.86 bits per heavy atom. The van der Waals surface area contributed by atoms with E-state index >= 15 is 0 Å². The highest BCUT2D eigenvalue weighted by Crippen LogP contribution is 2.24. The highest BCUT2D eigenvalue weighted by atomic mass is 16.6. The number of para-hydroxylation sites is 2. The molecule has 0 aliphatic rings. The summed E-state index contributed by atoms with van der Waals surface area (Å²) in [5.41, 5.74) is 2.16. The zero-order chi connectivity index (χ0) is 21.0. The Kier molecular flexibility index (Phi) is 6.20. The summed E-state index contributed by atoms with van der Waals surface area (Å²) in [6.45, 7) is 11.1. The monoisotopic (exact) mass is 398 g/mol. The van der Waals surface area contributed by atoms with Gasteiger partial charge in [-0.05, 0) is 45.7 Å². The number of benzene rings is 1. The summed E-state index contributed by atoms with van der Waals surface area (Å²) in [5.74, 6) is 1.90. The van der Waals surface area contributed by atoms with Crippen molar-refractivity contribution in [2.75, 3.05) is 18.4 Å². The zero-order valence-electron chi connectivity index (χ0n) is 17.8. The Labute approximate surface area is 171 Å². The lowest BCUT2D eigenvalue weighted by atomic mass is 10.2.